The van der Waals surface area contributed by atoms with Crippen molar-refractivity contribution in [3.8, 4) is 0 Å². The molecular weight excluding hydrogens is 179 g/mol. The van der Waals surface area contributed by atoms with Gasteiger partial charge >= 0.3 is 5.69 Å². The van der Waals surface area contributed by atoms with Crippen LogP contribution in [0.25, 0.3) is 0 Å². The van der Waals surface area contributed by atoms with Crippen molar-refractivity contribution in [2.45, 2.75) is 0 Å². The van der Waals surface area contributed by atoms with Crippen molar-refractivity contribution in [1.82, 2.24) is 0 Å². The zero-order valence-electron chi connectivity index (χ0n) is 6.35. The molecule has 0 aliphatic carbocycles. The van der Waals surface area contributed by atoms with Crippen molar-refractivity contribution in [3.05, 3.63) is 39.7 Å². The second kappa shape index (κ2) is 3.61. The first kappa shape index (κ1) is 9.11. The predicted molar refractivity (Wildman–Crippen MR) is 42.4 cm³/mol. The minimum absolute atomic E-state index is 0.255. The third-order valence-electron chi connectivity index (χ3n) is 1.38. The number of nitro benzene ring substituents is 1. The first-order valence-electron chi connectivity index (χ1n) is 3.26. The summed E-state index contributed by atoms with van der Waals surface area (Å²) in [5.41, 5.74) is -0.347. The Morgan fingerprint density at radius 2 is 2.31 bits per heavy atom. The number of rotatable bonds is 2. The van der Waals surface area contributed by atoms with Crippen molar-refractivity contribution < 1.29 is 14.5 Å². The normalized spacial score (nSPS) is 10.5. The Balaban J connectivity index is 3.12. The summed E-state index contributed by atoms with van der Waals surface area (Å²) in [6.07, 6.45) is 0.979. The van der Waals surface area contributed by atoms with Gasteiger partial charge in [0.2, 0.25) is 5.82 Å². The fourth-order valence-electron chi connectivity index (χ4n) is 0.818. The van der Waals surface area contributed by atoms with Crippen molar-refractivity contribution in [3.63, 3.8) is 0 Å². The zero-order valence-corrected chi connectivity index (χ0v) is 6.35. The monoisotopic (exact) mass is 184 g/mol. The fourth-order valence-corrected chi connectivity index (χ4v) is 0.818. The predicted octanol–water partition coefficient (Wildman–Crippen LogP) is 1.54. The second-order valence-electron chi connectivity index (χ2n) is 2.21. The minimum Gasteiger partial charge on any atom is -0.411 e. The number of nitro groups is 1. The Labute approximate surface area is 72.3 Å². The zero-order chi connectivity index (χ0) is 9.84. The SMILES string of the molecule is O=[N+]([O-])c1ccc(C=NO)cc1F. The van der Waals surface area contributed by atoms with E-state index in [1.165, 1.54) is 6.07 Å². The van der Waals surface area contributed by atoms with Gasteiger partial charge in [-0.15, -0.1) is 0 Å². The smallest absolute Gasteiger partial charge is 0.304 e. The van der Waals surface area contributed by atoms with Gasteiger partial charge in [0.05, 0.1) is 11.1 Å². The summed E-state index contributed by atoms with van der Waals surface area (Å²) in [5, 5.41) is 20.9. The molecule has 0 aromatic heterocycles. The van der Waals surface area contributed by atoms with Crippen LogP contribution in [0.2, 0.25) is 0 Å². The summed E-state index contributed by atoms with van der Waals surface area (Å²) >= 11 is 0. The van der Waals surface area contributed by atoms with E-state index in [4.69, 9.17) is 5.21 Å². The Kier molecular flexibility index (Phi) is 2.53. The highest BCUT2D eigenvalue weighted by molar-refractivity contribution is 5.79. The van der Waals surface area contributed by atoms with Crippen LogP contribution in [0.15, 0.2) is 23.4 Å². The van der Waals surface area contributed by atoms with Crippen molar-refractivity contribution in [2.24, 2.45) is 5.16 Å². The molecule has 1 aromatic rings. The molecule has 5 nitrogen and oxygen atoms in total. The lowest BCUT2D eigenvalue weighted by Gasteiger charge is -1.94. The maximum absolute atomic E-state index is 12.8. The number of hydrogen-bond acceptors (Lipinski definition) is 4. The van der Waals surface area contributed by atoms with Gasteiger partial charge in [0.25, 0.3) is 0 Å². The molecule has 0 atom stereocenters. The van der Waals surface area contributed by atoms with E-state index >= 15 is 0 Å². The van der Waals surface area contributed by atoms with E-state index in [9.17, 15) is 14.5 Å². The second-order valence-corrected chi connectivity index (χ2v) is 2.21. The Morgan fingerprint density at radius 3 is 2.77 bits per heavy atom. The van der Waals surface area contributed by atoms with Gasteiger partial charge in [-0.05, 0) is 17.7 Å². The molecule has 0 saturated carbocycles. The van der Waals surface area contributed by atoms with Gasteiger partial charge < -0.3 is 5.21 Å². The van der Waals surface area contributed by atoms with Crippen molar-refractivity contribution >= 4 is 11.9 Å². The number of benzene rings is 1. The molecule has 0 bridgehead atoms. The van der Waals surface area contributed by atoms with Crippen LogP contribution in [0.1, 0.15) is 5.56 Å². The van der Waals surface area contributed by atoms with Gasteiger partial charge in [-0.1, -0.05) is 5.16 Å². The molecule has 6 heteroatoms. The van der Waals surface area contributed by atoms with E-state index in [-0.39, 0.29) is 5.56 Å². The molecule has 0 heterocycles. The lowest BCUT2D eigenvalue weighted by Crippen LogP contribution is -1.93. The first-order valence-corrected chi connectivity index (χ1v) is 3.26. The van der Waals surface area contributed by atoms with Crippen molar-refractivity contribution in [1.29, 1.82) is 0 Å². The van der Waals surface area contributed by atoms with Gasteiger partial charge in [0, 0.05) is 6.07 Å². The molecular formula is C7H5FN2O3. The molecule has 1 N–H and O–H groups in total. The van der Waals surface area contributed by atoms with Gasteiger partial charge in [0.15, 0.2) is 0 Å². The van der Waals surface area contributed by atoms with Gasteiger partial charge in [-0.25, -0.2) is 0 Å². The number of hydrogen-bond donors (Lipinski definition) is 1. The van der Waals surface area contributed by atoms with E-state index < -0.39 is 16.4 Å². The first-order chi connectivity index (χ1) is 6.15. The maximum Gasteiger partial charge on any atom is 0.304 e. The molecule has 0 spiro atoms. The average molecular weight is 184 g/mol. The summed E-state index contributed by atoms with van der Waals surface area (Å²) in [4.78, 5) is 9.35. The van der Waals surface area contributed by atoms with E-state index in [0.29, 0.717) is 0 Å². The molecule has 0 fully saturated rings. The number of oxime groups is 1. The van der Waals surface area contributed by atoms with Crippen LogP contribution < -0.4 is 0 Å². The van der Waals surface area contributed by atoms with E-state index in [0.717, 1.165) is 18.3 Å². The maximum atomic E-state index is 12.8. The van der Waals surface area contributed by atoms with E-state index in [2.05, 4.69) is 5.16 Å². The van der Waals surface area contributed by atoms with Gasteiger partial charge in [0.1, 0.15) is 0 Å². The van der Waals surface area contributed by atoms with Crippen LogP contribution in [-0.4, -0.2) is 16.3 Å². The van der Waals surface area contributed by atoms with Crippen LogP contribution in [0.3, 0.4) is 0 Å². The Hall–Kier alpha value is -1.98. The molecule has 1 rings (SSSR count). The minimum atomic E-state index is -0.956. The average Bonchev–Trinajstić information content (AvgIpc) is 2.04. The van der Waals surface area contributed by atoms with E-state index in [1.54, 1.807) is 0 Å². The molecule has 0 aliphatic heterocycles. The lowest BCUT2D eigenvalue weighted by atomic mass is 10.2. The highest BCUT2D eigenvalue weighted by Gasteiger charge is 2.12. The molecule has 0 unspecified atom stereocenters. The third-order valence-corrected chi connectivity index (χ3v) is 1.38. The Morgan fingerprint density at radius 1 is 1.62 bits per heavy atom. The number of nitrogens with zero attached hydrogens (tertiary/aromatic N) is 2. The Bertz CT molecular complexity index is 365. The molecule has 1 aromatic carbocycles. The molecule has 0 saturated heterocycles. The molecule has 0 aliphatic rings. The quantitative estimate of drug-likeness (QED) is 0.328. The van der Waals surface area contributed by atoms with E-state index in [1.807, 2.05) is 0 Å². The van der Waals surface area contributed by atoms with Crippen LogP contribution in [0, 0.1) is 15.9 Å². The van der Waals surface area contributed by atoms with Crippen LogP contribution >= 0.6 is 0 Å². The highest BCUT2D eigenvalue weighted by Crippen LogP contribution is 2.16. The summed E-state index contributed by atoms with van der Waals surface area (Å²) in [5.74, 6) is -0.956. The van der Waals surface area contributed by atoms with Crippen LogP contribution in [0.4, 0.5) is 10.1 Å². The van der Waals surface area contributed by atoms with Gasteiger partial charge in [-0.3, -0.25) is 10.1 Å². The summed E-state index contributed by atoms with van der Waals surface area (Å²) in [6, 6.07) is 3.20. The number of halogens is 1. The molecule has 0 amide bonds. The largest absolute Gasteiger partial charge is 0.411 e. The fraction of sp³-hybridized carbons (Fsp3) is 0. The standard InChI is InChI=1S/C7H5FN2O3/c8-6-3-5(4-9-11)1-2-7(6)10(12)13/h1-4,11H. The summed E-state index contributed by atoms with van der Waals surface area (Å²) in [7, 11) is 0. The van der Waals surface area contributed by atoms with Gasteiger partial charge in [-0.2, -0.15) is 4.39 Å². The summed E-state index contributed by atoms with van der Waals surface area (Å²) < 4.78 is 12.8. The van der Waals surface area contributed by atoms with Crippen LogP contribution in [0.5, 0.6) is 0 Å². The lowest BCUT2D eigenvalue weighted by molar-refractivity contribution is -0.387. The molecule has 68 valence electrons. The topological polar surface area (TPSA) is 75.7 Å². The highest BCUT2D eigenvalue weighted by atomic mass is 19.1. The van der Waals surface area contributed by atoms with Crippen molar-refractivity contribution in [2.75, 3.05) is 0 Å². The molecule has 0 radical (unpaired) electrons. The van der Waals surface area contributed by atoms with Crippen LogP contribution in [-0.2, 0) is 0 Å². The molecule has 13 heavy (non-hydrogen) atoms. The summed E-state index contributed by atoms with van der Waals surface area (Å²) in [6.45, 7) is 0. The third kappa shape index (κ3) is 1.98.